The molecule has 1 radical (unpaired) electrons. The van der Waals surface area contributed by atoms with E-state index in [-0.39, 0.29) is 43.5 Å². The molecule has 0 spiro atoms. The first-order valence-corrected chi connectivity index (χ1v) is 15.8. The predicted octanol–water partition coefficient (Wildman–Crippen LogP) is 10.8. The number of aliphatic hydroxyl groups is 1. The average molecular weight is 767 g/mol. The predicted molar refractivity (Wildman–Crippen MR) is 178 cm³/mol. The van der Waals surface area contributed by atoms with E-state index in [4.69, 9.17) is 9.40 Å². The van der Waals surface area contributed by atoms with Crippen LogP contribution in [0.25, 0.3) is 44.0 Å². The van der Waals surface area contributed by atoms with Crippen molar-refractivity contribution in [3.05, 3.63) is 89.8 Å². The third kappa shape index (κ3) is 7.50. The van der Waals surface area contributed by atoms with Gasteiger partial charge in [0.05, 0.1) is 11.3 Å². The van der Waals surface area contributed by atoms with E-state index >= 15 is 0 Å². The van der Waals surface area contributed by atoms with Crippen LogP contribution in [-0.2, 0) is 31.3 Å². The number of para-hydroxylation sites is 1. The van der Waals surface area contributed by atoms with Crippen molar-refractivity contribution in [3.8, 4) is 11.3 Å². The number of hydrogen-bond acceptors (Lipinski definition) is 4. The summed E-state index contributed by atoms with van der Waals surface area (Å²) >= 11 is 0. The Hall–Kier alpha value is -3.27. The molecule has 44 heavy (non-hydrogen) atoms. The first-order chi connectivity index (χ1) is 20.6. The Kier molecular flexibility index (Phi) is 11.2. The number of fused-ring (bicyclic) bond motifs is 4. The normalized spacial score (nSPS) is 14.1. The molecular weight excluding hydrogens is 723 g/mol. The van der Waals surface area contributed by atoms with E-state index in [0.717, 1.165) is 39.6 Å². The molecule has 0 amide bonds. The van der Waals surface area contributed by atoms with E-state index in [1.165, 1.54) is 53.7 Å². The standard InChI is InChI=1S/C30H28NO.C9H16O2.Ir/c1-19(2)15-20-16-26-25-9-5-6-10-28(25)32-30(26)27(17-20)29-24-12-11-22(21-7-3-4-8-21)18-23(24)13-14-31-29;1-6(2)8(10)5-9(11)7(3)4;/h5-6,9-14,16,18-19,21H,3-4,7-8,15H2,1-2H3;5-7,10H,1-4H3;/q-1;;/b;8-5-;. The van der Waals surface area contributed by atoms with Crippen molar-refractivity contribution in [1.82, 2.24) is 4.98 Å². The van der Waals surface area contributed by atoms with Crippen LogP contribution in [0.5, 0.6) is 0 Å². The summed E-state index contributed by atoms with van der Waals surface area (Å²) in [6, 6.07) is 23.4. The van der Waals surface area contributed by atoms with Gasteiger partial charge in [0.1, 0.15) is 5.58 Å². The van der Waals surface area contributed by atoms with Gasteiger partial charge in [0.2, 0.25) is 0 Å². The summed E-state index contributed by atoms with van der Waals surface area (Å²) in [5.41, 5.74) is 6.44. The van der Waals surface area contributed by atoms with E-state index in [9.17, 15) is 9.90 Å². The van der Waals surface area contributed by atoms with Crippen LogP contribution in [0.15, 0.2) is 77.0 Å². The van der Waals surface area contributed by atoms with Crippen molar-refractivity contribution in [3.63, 3.8) is 0 Å². The number of aliphatic hydroxyl groups excluding tert-OH is 1. The minimum atomic E-state index is -0.0316. The number of aromatic nitrogens is 1. The molecule has 5 heteroatoms. The summed E-state index contributed by atoms with van der Waals surface area (Å²) in [6.07, 6.45) is 9.57. The molecule has 1 N–H and O–H groups in total. The molecular formula is C39H44IrNO3-. The Morgan fingerprint density at radius 3 is 2.36 bits per heavy atom. The van der Waals surface area contributed by atoms with Gasteiger partial charge in [-0.05, 0) is 65.3 Å². The maximum absolute atomic E-state index is 11.0. The molecule has 3 aromatic carbocycles. The zero-order valence-corrected chi connectivity index (χ0v) is 29.1. The molecule has 0 atom stereocenters. The fraction of sp³-hybridized carbons (Fsp3) is 0.385. The molecule has 0 aliphatic heterocycles. The van der Waals surface area contributed by atoms with Gasteiger partial charge in [0, 0.05) is 49.6 Å². The van der Waals surface area contributed by atoms with Gasteiger partial charge in [-0.2, -0.15) is 0 Å². The fourth-order valence-corrected chi connectivity index (χ4v) is 5.93. The summed E-state index contributed by atoms with van der Waals surface area (Å²) in [5.74, 6) is 1.43. The number of ketones is 1. The number of carbonyl (C=O) groups excluding carboxylic acids is 1. The molecule has 2 heterocycles. The summed E-state index contributed by atoms with van der Waals surface area (Å²) in [6.45, 7) is 11.8. The monoisotopic (exact) mass is 767 g/mol. The quantitative estimate of drug-likeness (QED) is 0.102. The second-order valence-corrected chi connectivity index (χ2v) is 13.0. The number of carbonyl (C=O) groups is 1. The third-order valence-corrected chi connectivity index (χ3v) is 8.40. The van der Waals surface area contributed by atoms with E-state index in [1.54, 1.807) is 0 Å². The number of rotatable bonds is 7. The van der Waals surface area contributed by atoms with Crippen molar-refractivity contribution in [2.45, 2.75) is 79.6 Å². The second kappa shape index (κ2) is 14.7. The Morgan fingerprint density at radius 1 is 0.955 bits per heavy atom. The van der Waals surface area contributed by atoms with Gasteiger partial charge in [-0.3, -0.25) is 4.79 Å². The van der Waals surface area contributed by atoms with Gasteiger partial charge in [0.15, 0.2) is 5.78 Å². The van der Waals surface area contributed by atoms with Crippen LogP contribution >= 0.6 is 0 Å². The molecule has 0 saturated heterocycles. The molecule has 1 aliphatic carbocycles. The summed E-state index contributed by atoms with van der Waals surface area (Å²) in [5, 5.41) is 13.9. The van der Waals surface area contributed by atoms with Crippen LogP contribution < -0.4 is 0 Å². The molecule has 2 aromatic heterocycles. The minimum Gasteiger partial charge on any atom is -0.512 e. The number of allylic oxidation sites excluding steroid dienone is 2. The average Bonchev–Trinajstić information content (AvgIpc) is 3.65. The van der Waals surface area contributed by atoms with Crippen LogP contribution in [0, 0.1) is 23.8 Å². The molecule has 0 bridgehead atoms. The van der Waals surface area contributed by atoms with E-state index in [2.05, 4.69) is 62.4 Å². The zero-order valence-electron chi connectivity index (χ0n) is 26.7. The largest absolute Gasteiger partial charge is 0.512 e. The van der Waals surface area contributed by atoms with Gasteiger partial charge >= 0.3 is 0 Å². The molecule has 233 valence electrons. The summed E-state index contributed by atoms with van der Waals surface area (Å²) in [4.78, 5) is 15.9. The Balaban J connectivity index is 0.000000318. The molecule has 5 aromatic rings. The summed E-state index contributed by atoms with van der Waals surface area (Å²) in [7, 11) is 0. The number of benzene rings is 3. The molecule has 1 aliphatic rings. The Morgan fingerprint density at radius 2 is 1.68 bits per heavy atom. The number of pyridine rings is 1. The Labute approximate surface area is 275 Å². The van der Waals surface area contributed by atoms with Gasteiger partial charge < -0.3 is 14.5 Å². The zero-order chi connectivity index (χ0) is 30.7. The SMILES string of the molecule is CC(C)C(=O)/C=C(\O)C(C)C.CC(C)Cc1[c-]c(-c2nccc3cc(C4CCCC4)ccc23)c2oc3ccccc3c2c1.[Ir]. The second-order valence-electron chi connectivity index (χ2n) is 13.0. The van der Waals surface area contributed by atoms with Gasteiger partial charge in [-0.25, -0.2) is 0 Å². The number of furan rings is 1. The molecule has 1 fully saturated rings. The number of nitrogens with zero attached hydrogens (tertiary/aromatic N) is 1. The van der Waals surface area contributed by atoms with Gasteiger partial charge in [0.25, 0.3) is 0 Å². The van der Waals surface area contributed by atoms with Crippen LogP contribution in [0.3, 0.4) is 0 Å². The van der Waals surface area contributed by atoms with Gasteiger partial charge in [-0.1, -0.05) is 102 Å². The summed E-state index contributed by atoms with van der Waals surface area (Å²) < 4.78 is 6.38. The van der Waals surface area contributed by atoms with Crippen LogP contribution in [0.1, 0.15) is 84.3 Å². The van der Waals surface area contributed by atoms with E-state index < -0.39 is 0 Å². The smallest absolute Gasteiger partial charge is 0.161 e. The Bertz CT molecular complexity index is 1770. The number of hydrogen-bond donors (Lipinski definition) is 1. The fourth-order valence-electron chi connectivity index (χ4n) is 5.93. The molecule has 4 nitrogen and oxygen atoms in total. The van der Waals surface area contributed by atoms with Crippen molar-refractivity contribution >= 4 is 38.5 Å². The topological polar surface area (TPSA) is 63.3 Å². The maximum atomic E-state index is 11.0. The van der Waals surface area contributed by atoms with Gasteiger partial charge in [-0.15, -0.1) is 17.7 Å². The van der Waals surface area contributed by atoms with Crippen molar-refractivity contribution in [2.24, 2.45) is 17.8 Å². The van der Waals surface area contributed by atoms with Crippen LogP contribution in [-0.4, -0.2) is 15.9 Å². The molecule has 6 rings (SSSR count). The van der Waals surface area contributed by atoms with Crippen molar-refractivity contribution in [1.29, 1.82) is 0 Å². The van der Waals surface area contributed by atoms with E-state index in [0.29, 0.717) is 11.8 Å². The van der Waals surface area contributed by atoms with Crippen molar-refractivity contribution in [2.75, 3.05) is 0 Å². The molecule has 0 unspecified atom stereocenters. The first kappa shape index (κ1) is 33.6. The minimum absolute atomic E-state index is 0. The first-order valence-electron chi connectivity index (χ1n) is 15.8. The maximum Gasteiger partial charge on any atom is 0.161 e. The molecule has 1 saturated carbocycles. The van der Waals surface area contributed by atoms with Crippen LogP contribution in [0.4, 0.5) is 0 Å². The van der Waals surface area contributed by atoms with Crippen molar-refractivity contribution < 1.29 is 34.4 Å². The van der Waals surface area contributed by atoms with Crippen LogP contribution in [0.2, 0.25) is 0 Å². The third-order valence-electron chi connectivity index (χ3n) is 8.40. The van der Waals surface area contributed by atoms with E-state index in [1.807, 2.05) is 46.0 Å².